The van der Waals surface area contributed by atoms with E-state index in [2.05, 4.69) is 20.7 Å². The van der Waals surface area contributed by atoms with Crippen LogP contribution in [0.5, 0.6) is 0 Å². The van der Waals surface area contributed by atoms with Crippen LogP contribution in [0.2, 0.25) is 0 Å². The van der Waals surface area contributed by atoms with E-state index >= 15 is 0 Å². The molecule has 1 aromatic rings. The highest BCUT2D eigenvalue weighted by molar-refractivity contribution is 5.92. The predicted molar refractivity (Wildman–Crippen MR) is 81.7 cm³/mol. The van der Waals surface area contributed by atoms with Gasteiger partial charge in [-0.15, -0.1) is 0 Å². The first-order valence-electron chi connectivity index (χ1n) is 7.44. The zero-order valence-electron chi connectivity index (χ0n) is 12.8. The van der Waals surface area contributed by atoms with Gasteiger partial charge in [-0.2, -0.15) is 13.2 Å². The SMILES string of the molecule is O=C(CCOCC(F)(F)F)Nc1ccc(NC(=O)NC2CC2)cc1. The average molecular weight is 345 g/mol. The number of nitrogens with one attached hydrogen (secondary N) is 3. The zero-order chi connectivity index (χ0) is 17.6. The van der Waals surface area contributed by atoms with Gasteiger partial charge in [0, 0.05) is 17.4 Å². The highest BCUT2D eigenvalue weighted by atomic mass is 19.4. The van der Waals surface area contributed by atoms with Crippen molar-refractivity contribution in [3.63, 3.8) is 0 Å². The van der Waals surface area contributed by atoms with Crippen LogP contribution in [-0.4, -0.2) is 37.4 Å². The van der Waals surface area contributed by atoms with Gasteiger partial charge in [0.05, 0.1) is 13.0 Å². The summed E-state index contributed by atoms with van der Waals surface area (Å²) in [7, 11) is 0. The fraction of sp³-hybridized carbons (Fsp3) is 0.467. The van der Waals surface area contributed by atoms with Gasteiger partial charge in [0.2, 0.25) is 5.91 Å². The maximum Gasteiger partial charge on any atom is 0.411 e. The Morgan fingerprint density at radius 1 is 1.08 bits per heavy atom. The summed E-state index contributed by atoms with van der Waals surface area (Å²) in [4.78, 5) is 23.1. The van der Waals surface area contributed by atoms with Gasteiger partial charge in [0.25, 0.3) is 0 Å². The first-order valence-corrected chi connectivity index (χ1v) is 7.44. The number of amides is 3. The average Bonchev–Trinajstić information content (AvgIpc) is 3.28. The lowest BCUT2D eigenvalue weighted by Gasteiger charge is -2.09. The molecule has 0 radical (unpaired) electrons. The number of anilines is 2. The highest BCUT2D eigenvalue weighted by Gasteiger charge is 2.27. The lowest BCUT2D eigenvalue weighted by Crippen LogP contribution is -2.30. The van der Waals surface area contributed by atoms with E-state index in [1.165, 1.54) is 0 Å². The number of carbonyl (C=O) groups is 2. The van der Waals surface area contributed by atoms with Crippen LogP contribution in [0.3, 0.4) is 0 Å². The molecular formula is C15H18F3N3O3. The minimum atomic E-state index is -4.40. The van der Waals surface area contributed by atoms with E-state index in [-0.39, 0.29) is 25.1 Å². The van der Waals surface area contributed by atoms with E-state index in [0.29, 0.717) is 11.4 Å². The van der Waals surface area contributed by atoms with Gasteiger partial charge in [-0.3, -0.25) is 4.79 Å². The van der Waals surface area contributed by atoms with Crippen LogP contribution >= 0.6 is 0 Å². The van der Waals surface area contributed by atoms with Crippen molar-refractivity contribution in [2.45, 2.75) is 31.5 Å². The van der Waals surface area contributed by atoms with E-state index in [1.807, 2.05) is 0 Å². The Bertz CT molecular complexity index is 572. The van der Waals surface area contributed by atoms with Crippen LogP contribution in [0.4, 0.5) is 29.3 Å². The summed E-state index contributed by atoms with van der Waals surface area (Å²) in [6.45, 7) is -1.68. The number of rotatable bonds is 7. The third kappa shape index (κ3) is 7.32. The van der Waals surface area contributed by atoms with E-state index in [4.69, 9.17) is 0 Å². The van der Waals surface area contributed by atoms with Gasteiger partial charge in [0.1, 0.15) is 6.61 Å². The van der Waals surface area contributed by atoms with Crippen molar-refractivity contribution in [1.82, 2.24) is 5.32 Å². The number of alkyl halides is 3. The molecule has 3 N–H and O–H groups in total. The van der Waals surface area contributed by atoms with Crippen molar-refractivity contribution in [3.8, 4) is 0 Å². The van der Waals surface area contributed by atoms with E-state index < -0.39 is 18.7 Å². The van der Waals surface area contributed by atoms with E-state index in [9.17, 15) is 22.8 Å². The Morgan fingerprint density at radius 2 is 1.67 bits per heavy atom. The van der Waals surface area contributed by atoms with Crippen molar-refractivity contribution in [2.75, 3.05) is 23.8 Å². The van der Waals surface area contributed by atoms with Gasteiger partial charge in [-0.1, -0.05) is 0 Å². The molecule has 1 aliphatic carbocycles. The minimum absolute atomic E-state index is 0.181. The molecule has 0 aromatic heterocycles. The molecular weight excluding hydrogens is 327 g/mol. The number of benzene rings is 1. The zero-order valence-corrected chi connectivity index (χ0v) is 12.8. The number of hydrogen-bond acceptors (Lipinski definition) is 3. The lowest BCUT2D eigenvalue weighted by molar-refractivity contribution is -0.174. The fourth-order valence-corrected chi connectivity index (χ4v) is 1.79. The summed E-state index contributed by atoms with van der Waals surface area (Å²) in [6.07, 6.45) is -2.60. The number of halogens is 3. The molecule has 6 nitrogen and oxygen atoms in total. The van der Waals surface area contributed by atoms with Crippen molar-refractivity contribution in [2.24, 2.45) is 0 Å². The third-order valence-electron chi connectivity index (χ3n) is 3.08. The summed E-state index contributed by atoms with van der Waals surface area (Å²) in [6, 6.07) is 6.37. The molecule has 1 fully saturated rings. The largest absolute Gasteiger partial charge is 0.411 e. The van der Waals surface area contributed by atoms with Crippen molar-refractivity contribution >= 4 is 23.3 Å². The Kier molecular flexibility index (Phi) is 6.02. The third-order valence-corrected chi connectivity index (χ3v) is 3.08. The first kappa shape index (κ1) is 18.1. The Morgan fingerprint density at radius 3 is 2.21 bits per heavy atom. The number of hydrogen-bond donors (Lipinski definition) is 3. The maximum atomic E-state index is 11.9. The molecule has 24 heavy (non-hydrogen) atoms. The second-order valence-electron chi connectivity index (χ2n) is 5.42. The molecule has 0 aliphatic heterocycles. The molecule has 9 heteroatoms. The first-order chi connectivity index (χ1) is 11.3. The van der Waals surface area contributed by atoms with Gasteiger partial charge >= 0.3 is 12.2 Å². The van der Waals surface area contributed by atoms with Crippen LogP contribution in [0.15, 0.2) is 24.3 Å². The highest BCUT2D eigenvalue weighted by Crippen LogP contribution is 2.19. The Labute approximate surface area is 136 Å². The molecule has 0 atom stereocenters. The Hall–Kier alpha value is -2.29. The topological polar surface area (TPSA) is 79.5 Å². The number of carbonyl (C=O) groups excluding carboxylic acids is 2. The molecule has 0 unspecified atom stereocenters. The van der Waals surface area contributed by atoms with Crippen molar-refractivity contribution in [3.05, 3.63) is 24.3 Å². The normalized spacial score (nSPS) is 14.1. The lowest BCUT2D eigenvalue weighted by atomic mass is 10.2. The van der Waals surface area contributed by atoms with Gasteiger partial charge < -0.3 is 20.7 Å². The molecule has 1 saturated carbocycles. The predicted octanol–water partition coefficient (Wildman–Crippen LogP) is 2.88. The minimum Gasteiger partial charge on any atom is -0.372 e. The molecule has 3 amide bonds. The molecule has 2 rings (SSSR count). The van der Waals surface area contributed by atoms with E-state index in [0.717, 1.165) is 12.8 Å². The summed E-state index contributed by atoms with van der Waals surface area (Å²) < 4.78 is 40.0. The standard InChI is InChI=1S/C15H18F3N3O3/c16-15(17,18)9-24-8-7-13(22)19-10-1-3-11(4-2-10)20-14(23)21-12-5-6-12/h1-4,12H,5-9H2,(H,19,22)(H2,20,21,23). The number of urea groups is 1. The molecule has 1 aliphatic rings. The quantitative estimate of drug-likeness (QED) is 0.665. The smallest absolute Gasteiger partial charge is 0.372 e. The summed E-state index contributed by atoms with van der Waals surface area (Å²) in [5.41, 5.74) is 1.05. The number of ether oxygens (including phenoxy) is 1. The summed E-state index contributed by atoms with van der Waals surface area (Å²) in [5, 5.41) is 7.97. The summed E-state index contributed by atoms with van der Waals surface area (Å²) in [5.74, 6) is -0.454. The molecule has 0 spiro atoms. The molecule has 0 bridgehead atoms. The second-order valence-corrected chi connectivity index (χ2v) is 5.42. The van der Waals surface area contributed by atoms with Crippen molar-refractivity contribution in [1.29, 1.82) is 0 Å². The monoisotopic (exact) mass is 345 g/mol. The molecule has 1 aromatic carbocycles. The fourth-order valence-electron chi connectivity index (χ4n) is 1.79. The van der Waals surface area contributed by atoms with Crippen molar-refractivity contribution < 1.29 is 27.5 Å². The second kappa shape index (κ2) is 8.00. The van der Waals surface area contributed by atoms with Gasteiger partial charge in [0.15, 0.2) is 0 Å². The molecule has 132 valence electrons. The van der Waals surface area contributed by atoms with E-state index in [1.54, 1.807) is 24.3 Å². The van der Waals surface area contributed by atoms with Crippen LogP contribution in [0.1, 0.15) is 19.3 Å². The van der Waals surface area contributed by atoms with Gasteiger partial charge in [-0.05, 0) is 37.1 Å². The van der Waals surface area contributed by atoms with Crippen LogP contribution in [0.25, 0.3) is 0 Å². The van der Waals surface area contributed by atoms with Crippen LogP contribution in [-0.2, 0) is 9.53 Å². The Balaban J connectivity index is 1.68. The van der Waals surface area contributed by atoms with Gasteiger partial charge in [-0.25, -0.2) is 4.79 Å². The molecule has 0 heterocycles. The van der Waals surface area contributed by atoms with Crippen LogP contribution < -0.4 is 16.0 Å². The maximum absolute atomic E-state index is 11.9. The summed E-state index contributed by atoms with van der Waals surface area (Å²) >= 11 is 0. The molecule has 0 saturated heterocycles. The van der Waals surface area contributed by atoms with Crippen LogP contribution in [0, 0.1) is 0 Å².